The molecular weight excluding hydrogens is 259 g/mol. The molecule has 0 amide bonds. The summed E-state index contributed by atoms with van der Waals surface area (Å²) in [4.78, 5) is 13.5. The van der Waals surface area contributed by atoms with Crippen LogP contribution < -0.4 is 5.32 Å². The fourth-order valence-corrected chi connectivity index (χ4v) is 2.09. The second-order valence-electron chi connectivity index (χ2n) is 4.66. The third kappa shape index (κ3) is 5.27. The zero-order valence-electron chi connectivity index (χ0n) is 12.1. The molecule has 0 saturated heterocycles. The van der Waals surface area contributed by atoms with Gasteiger partial charge in [-0.15, -0.1) is 0 Å². The molecular formula is C15H23FN2O2. The van der Waals surface area contributed by atoms with Crippen molar-refractivity contribution >= 4 is 5.97 Å². The van der Waals surface area contributed by atoms with Crippen LogP contribution in [-0.4, -0.2) is 42.2 Å². The Morgan fingerprint density at radius 1 is 1.30 bits per heavy atom. The summed E-state index contributed by atoms with van der Waals surface area (Å²) < 4.78 is 12.9. The molecule has 1 aromatic carbocycles. The van der Waals surface area contributed by atoms with Gasteiger partial charge in [-0.3, -0.25) is 4.79 Å². The topological polar surface area (TPSA) is 52.6 Å². The maximum atomic E-state index is 12.9. The Kier molecular flexibility index (Phi) is 7.18. The van der Waals surface area contributed by atoms with Crippen molar-refractivity contribution in [1.82, 2.24) is 10.2 Å². The molecule has 0 aliphatic rings. The van der Waals surface area contributed by atoms with Crippen LogP contribution in [-0.2, 0) is 4.79 Å². The van der Waals surface area contributed by atoms with Gasteiger partial charge in [-0.05, 0) is 50.3 Å². The molecule has 0 fully saturated rings. The molecule has 112 valence electrons. The molecule has 4 nitrogen and oxygen atoms in total. The van der Waals surface area contributed by atoms with Crippen LogP contribution >= 0.6 is 0 Å². The first kappa shape index (κ1) is 16.6. The van der Waals surface area contributed by atoms with Crippen LogP contribution in [0.25, 0.3) is 0 Å². The van der Waals surface area contributed by atoms with Crippen LogP contribution in [0.5, 0.6) is 0 Å². The first-order valence-corrected chi connectivity index (χ1v) is 7.02. The van der Waals surface area contributed by atoms with E-state index in [1.54, 1.807) is 0 Å². The Bertz CT molecular complexity index is 405. The van der Waals surface area contributed by atoms with Gasteiger partial charge < -0.3 is 15.3 Å². The maximum Gasteiger partial charge on any atom is 0.325 e. The summed E-state index contributed by atoms with van der Waals surface area (Å²) in [6.07, 6.45) is 0.882. The predicted octanol–water partition coefficient (Wildman–Crippen LogP) is 2.27. The summed E-state index contributed by atoms with van der Waals surface area (Å²) in [6.45, 7) is 7.76. The summed E-state index contributed by atoms with van der Waals surface area (Å²) >= 11 is 0. The van der Waals surface area contributed by atoms with Crippen molar-refractivity contribution in [1.29, 1.82) is 0 Å². The maximum absolute atomic E-state index is 12.9. The highest BCUT2D eigenvalue weighted by molar-refractivity contribution is 5.75. The number of carboxylic acid groups (broad SMARTS) is 1. The summed E-state index contributed by atoms with van der Waals surface area (Å²) in [6, 6.07) is 4.79. The van der Waals surface area contributed by atoms with Crippen molar-refractivity contribution < 1.29 is 14.3 Å². The van der Waals surface area contributed by atoms with Crippen molar-refractivity contribution in [2.24, 2.45) is 0 Å². The van der Waals surface area contributed by atoms with Crippen LogP contribution in [0, 0.1) is 5.82 Å². The molecule has 0 aliphatic carbocycles. The van der Waals surface area contributed by atoms with Gasteiger partial charge in [0.2, 0.25) is 0 Å². The number of hydrogen-bond acceptors (Lipinski definition) is 3. The summed E-state index contributed by atoms with van der Waals surface area (Å²) in [7, 11) is 0. The monoisotopic (exact) mass is 282 g/mol. The van der Waals surface area contributed by atoms with E-state index in [2.05, 4.69) is 24.1 Å². The Morgan fingerprint density at radius 2 is 1.90 bits per heavy atom. The molecule has 20 heavy (non-hydrogen) atoms. The largest absolute Gasteiger partial charge is 0.480 e. The van der Waals surface area contributed by atoms with E-state index in [1.165, 1.54) is 24.3 Å². The zero-order valence-corrected chi connectivity index (χ0v) is 12.1. The fourth-order valence-electron chi connectivity index (χ4n) is 2.09. The lowest BCUT2D eigenvalue weighted by Crippen LogP contribution is -2.32. The number of halogens is 1. The molecule has 0 spiro atoms. The molecule has 5 heteroatoms. The van der Waals surface area contributed by atoms with Gasteiger partial charge in [0, 0.05) is 0 Å². The van der Waals surface area contributed by atoms with Crippen molar-refractivity contribution in [2.75, 3.05) is 26.2 Å². The molecule has 0 heterocycles. The summed E-state index contributed by atoms with van der Waals surface area (Å²) in [5.74, 6) is -1.31. The van der Waals surface area contributed by atoms with Crippen molar-refractivity contribution in [3.05, 3.63) is 35.6 Å². The highest BCUT2D eigenvalue weighted by Crippen LogP contribution is 2.14. The minimum atomic E-state index is -0.945. The van der Waals surface area contributed by atoms with Crippen LogP contribution in [0.3, 0.4) is 0 Å². The Morgan fingerprint density at radius 3 is 2.40 bits per heavy atom. The molecule has 2 N–H and O–H groups in total. The smallest absolute Gasteiger partial charge is 0.325 e. The molecule has 1 rings (SSSR count). The van der Waals surface area contributed by atoms with E-state index < -0.39 is 12.0 Å². The third-order valence-electron chi connectivity index (χ3n) is 3.34. The van der Waals surface area contributed by atoms with E-state index in [9.17, 15) is 14.3 Å². The minimum absolute atomic E-state index is 0.362. The van der Waals surface area contributed by atoms with E-state index in [0.29, 0.717) is 12.1 Å². The number of rotatable bonds is 9. The lowest BCUT2D eigenvalue weighted by Gasteiger charge is -2.19. The average molecular weight is 282 g/mol. The van der Waals surface area contributed by atoms with Gasteiger partial charge >= 0.3 is 5.97 Å². The van der Waals surface area contributed by atoms with Crippen molar-refractivity contribution in [3.63, 3.8) is 0 Å². The van der Waals surface area contributed by atoms with Gasteiger partial charge in [0.1, 0.15) is 11.9 Å². The van der Waals surface area contributed by atoms with Gasteiger partial charge in [-0.1, -0.05) is 26.0 Å². The zero-order chi connectivity index (χ0) is 15.0. The standard InChI is InChI=1S/C15H23FN2O2/c1-3-18(4-2)11-5-10-17-14(15(19)20)12-6-8-13(16)9-7-12/h6-9,14,17H,3-5,10-11H2,1-2H3,(H,19,20). The number of carbonyl (C=O) groups is 1. The predicted molar refractivity (Wildman–Crippen MR) is 77.2 cm³/mol. The van der Waals surface area contributed by atoms with E-state index in [0.717, 1.165) is 26.1 Å². The number of nitrogens with zero attached hydrogens (tertiary/aromatic N) is 1. The lowest BCUT2D eigenvalue weighted by atomic mass is 10.1. The Balaban J connectivity index is 2.48. The van der Waals surface area contributed by atoms with Gasteiger partial charge in [0.05, 0.1) is 0 Å². The minimum Gasteiger partial charge on any atom is -0.480 e. The molecule has 1 aromatic rings. The van der Waals surface area contributed by atoms with E-state index in [4.69, 9.17) is 0 Å². The summed E-state index contributed by atoms with van der Waals surface area (Å²) in [5.41, 5.74) is 0.571. The van der Waals surface area contributed by atoms with Gasteiger partial charge in [0.15, 0.2) is 0 Å². The van der Waals surface area contributed by atoms with Gasteiger partial charge in [-0.2, -0.15) is 0 Å². The number of benzene rings is 1. The molecule has 0 saturated carbocycles. The molecule has 1 atom stereocenters. The van der Waals surface area contributed by atoms with Crippen LogP contribution in [0.15, 0.2) is 24.3 Å². The number of aliphatic carboxylic acids is 1. The second-order valence-corrected chi connectivity index (χ2v) is 4.66. The quantitative estimate of drug-likeness (QED) is 0.682. The van der Waals surface area contributed by atoms with Gasteiger partial charge in [0.25, 0.3) is 0 Å². The molecule has 0 bridgehead atoms. The van der Waals surface area contributed by atoms with E-state index in [-0.39, 0.29) is 5.82 Å². The number of nitrogens with one attached hydrogen (secondary N) is 1. The van der Waals surface area contributed by atoms with E-state index >= 15 is 0 Å². The van der Waals surface area contributed by atoms with Crippen molar-refractivity contribution in [2.45, 2.75) is 26.3 Å². The van der Waals surface area contributed by atoms with Crippen LogP contribution in [0.2, 0.25) is 0 Å². The third-order valence-corrected chi connectivity index (χ3v) is 3.34. The first-order chi connectivity index (χ1) is 9.58. The van der Waals surface area contributed by atoms with Crippen LogP contribution in [0.1, 0.15) is 31.9 Å². The van der Waals surface area contributed by atoms with Crippen molar-refractivity contribution in [3.8, 4) is 0 Å². The highest BCUT2D eigenvalue weighted by atomic mass is 19.1. The normalized spacial score (nSPS) is 12.6. The average Bonchev–Trinajstić information content (AvgIpc) is 2.44. The SMILES string of the molecule is CCN(CC)CCCNC(C(=O)O)c1ccc(F)cc1. The van der Waals surface area contributed by atoms with Gasteiger partial charge in [-0.25, -0.2) is 4.39 Å². The molecule has 1 unspecified atom stereocenters. The second kappa shape index (κ2) is 8.66. The number of hydrogen-bond donors (Lipinski definition) is 2. The van der Waals surface area contributed by atoms with Crippen LogP contribution in [0.4, 0.5) is 4.39 Å². The molecule has 0 aromatic heterocycles. The highest BCUT2D eigenvalue weighted by Gasteiger charge is 2.18. The fraction of sp³-hybridized carbons (Fsp3) is 0.533. The Hall–Kier alpha value is -1.46. The first-order valence-electron chi connectivity index (χ1n) is 7.02. The number of carboxylic acids is 1. The Labute approximate surface area is 119 Å². The van der Waals surface area contributed by atoms with E-state index in [1.807, 2.05) is 0 Å². The lowest BCUT2D eigenvalue weighted by molar-refractivity contribution is -0.139. The molecule has 0 radical (unpaired) electrons. The molecule has 0 aliphatic heterocycles. The summed E-state index contributed by atoms with van der Waals surface area (Å²) in [5, 5.41) is 12.2.